The summed E-state index contributed by atoms with van der Waals surface area (Å²) in [6, 6.07) is 0. The molecule has 4 heteroatoms. The molecule has 0 radical (unpaired) electrons. The van der Waals surface area contributed by atoms with Crippen LogP contribution in [0.3, 0.4) is 0 Å². The topological polar surface area (TPSA) is 52.6 Å². The molecule has 5 unspecified atom stereocenters. The monoisotopic (exact) mass is 390 g/mol. The second kappa shape index (κ2) is 8.84. The molecular formula is C24H38O4. The Labute approximate surface area is 170 Å². The number of carbonyl (C=O) groups excluding carboxylic acids is 2. The standard InChI is InChI=1S/C24H38O4/c1-16(10-13-27-19(4)25)8-11-23(6)17(2)9-12-24(7)18(3)14-21(15-22(23)24)28-20(5)26/h10,14,17,21-22H,8-9,11-13,15H2,1-7H3. The van der Waals surface area contributed by atoms with Crippen molar-refractivity contribution >= 4 is 11.9 Å². The second-order valence-electron chi connectivity index (χ2n) is 9.50. The Kier molecular flexibility index (Phi) is 7.17. The Morgan fingerprint density at radius 2 is 1.89 bits per heavy atom. The molecule has 2 rings (SSSR count). The Balaban J connectivity index is 2.20. The molecule has 2 aliphatic carbocycles. The third-order valence-electron chi connectivity index (χ3n) is 7.69. The zero-order chi connectivity index (χ0) is 21.1. The number of allylic oxidation sites excluding steroid dienone is 2. The molecule has 28 heavy (non-hydrogen) atoms. The van der Waals surface area contributed by atoms with Gasteiger partial charge in [-0.25, -0.2) is 0 Å². The van der Waals surface area contributed by atoms with Crippen molar-refractivity contribution in [3.8, 4) is 0 Å². The van der Waals surface area contributed by atoms with Gasteiger partial charge in [-0.3, -0.25) is 9.59 Å². The minimum absolute atomic E-state index is 0.110. The number of ether oxygens (including phenoxy) is 2. The normalized spacial score (nSPS) is 35.6. The molecule has 0 aliphatic heterocycles. The summed E-state index contributed by atoms with van der Waals surface area (Å²) in [6.45, 7) is 14.8. The van der Waals surface area contributed by atoms with Crippen molar-refractivity contribution < 1.29 is 19.1 Å². The van der Waals surface area contributed by atoms with Crippen LogP contribution < -0.4 is 0 Å². The number of hydrogen-bond acceptors (Lipinski definition) is 4. The van der Waals surface area contributed by atoms with Gasteiger partial charge in [-0.2, -0.15) is 0 Å². The summed E-state index contributed by atoms with van der Waals surface area (Å²) in [5, 5.41) is 0. The van der Waals surface area contributed by atoms with Crippen LogP contribution in [0.5, 0.6) is 0 Å². The fraction of sp³-hybridized carbons (Fsp3) is 0.750. The molecule has 0 bridgehead atoms. The van der Waals surface area contributed by atoms with Gasteiger partial charge in [-0.1, -0.05) is 31.9 Å². The van der Waals surface area contributed by atoms with Crippen molar-refractivity contribution in [3.05, 3.63) is 23.3 Å². The van der Waals surface area contributed by atoms with Crippen LogP contribution in [0.1, 0.15) is 80.6 Å². The molecular weight excluding hydrogens is 352 g/mol. The third-order valence-corrected chi connectivity index (χ3v) is 7.69. The zero-order valence-corrected chi connectivity index (χ0v) is 18.8. The fourth-order valence-electron chi connectivity index (χ4n) is 5.45. The highest BCUT2D eigenvalue weighted by molar-refractivity contribution is 5.66. The van der Waals surface area contributed by atoms with Gasteiger partial charge in [0.05, 0.1) is 0 Å². The van der Waals surface area contributed by atoms with E-state index >= 15 is 0 Å². The Morgan fingerprint density at radius 3 is 2.50 bits per heavy atom. The Morgan fingerprint density at radius 1 is 1.21 bits per heavy atom. The van der Waals surface area contributed by atoms with Crippen LogP contribution in [0, 0.1) is 22.7 Å². The molecule has 158 valence electrons. The first-order valence-corrected chi connectivity index (χ1v) is 10.6. The Hall–Kier alpha value is -1.58. The number of fused-ring (bicyclic) bond motifs is 1. The van der Waals surface area contributed by atoms with E-state index in [2.05, 4.69) is 40.7 Å². The lowest BCUT2D eigenvalue weighted by Gasteiger charge is -2.58. The van der Waals surface area contributed by atoms with Gasteiger partial charge in [0.25, 0.3) is 0 Å². The van der Waals surface area contributed by atoms with Crippen molar-refractivity contribution in [2.24, 2.45) is 22.7 Å². The molecule has 0 heterocycles. The van der Waals surface area contributed by atoms with Crippen LogP contribution in [0.25, 0.3) is 0 Å². The first kappa shape index (κ1) is 22.7. The summed E-state index contributed by atoms with van der Waals surface area (Å²) in [6.07, 6.45) is 9.51. The molecule has 5 atom stereocenters. The van der Waals surface area contributed by atoms with Crippen molar-refractivity contribution in [2.75, 3.05) is 6.61 Å². The minimum atomic E-state index is -0.242. The van der Waals surface area contributed by atoms with Crippen LogP contribution in [-0.2, 0) is 19.1 Å². The molecule has 0 aromatic carbocycles. The van der Waals surface area contributed by atoms with Crippen LogP contribution in [0.15, 0.2) is 23.3 Å². The van der Waals surface area contributed by atoms with Crippen LogP contribution in [0.4, 0.5) is 0 Å². The number of esters is 2. The van der Waals surface area contributed by atoms with Crippen LogP contribution in [-0.4, -0.2) is 24.6 Å². The first-order valence-electron chi connectivity index (χ1n) is 10.6. The summed E-state index contributed by atoms with van der Waals surface area (Å²) < 4.78 is 10.7. The quantitative estimate of drug-likeness (QED) is 0.436. The molecule has 0 aromatic rings. The minimum Gasteiger partial charge on any atom is -0.462 e. The summed E-state index contributed by atoms with van der Waals surface area (Å²) >= 11 is 0. The van der Waals surface area contributed by atoms with E-state index in [-0.39, 0.29) is 28.9 Å². The largest absolute Gasteiger partial charge is 0.462 e. The fourth-order valence-corrected chi connectivity index (χ4v) is 5.45. The molecule has 2 aliphatic rings. The van der Waals surface area contributed by atoms with E-state index in [1.807, 2.05) is 6.08 Å². The highest BCUT2D eigenvalue weighted by atomic mass is 16.5. The third kappa shape index (κ3) is 4.87. The van der Waals surface area contributed by atoms with Gasteiger partial charge in [0.15, 0.2) is 0 Å². The van der Waals surface area contributed by atoms with E-state index < -0.39 is 0 Å². The summed E-state index contributed by atoms with van der Waals surface area (Å²) in [7, 11) is 0. The van der Waals surface area contributed by atoms with Crippen molar-refractivity contribution in [1.82, 2.24) is 0 Å². The average molecular weight is 391 g/mol. The van der Waals surface area contributed by atoms with Gasteiger partial charge in [-0.15, -0.1) is 0 Å². The maximum Gasteiger partial charge on any atom is 0.303 e. The summed E-state index contributed by atoms with van der Waals surface area (Å²) in [4.78, 5) is 22.5. The van der Waals surface area contributed by atoms with Crippen LogP contribution in [0.2, 0.25) is 0 Å². The van der Waals surface area contributed by atoms with Crippen molar-refractivity contribution in [2.45, 2.75) is 86.7 Å². The molecule has 0 spiro atoms. The van der Waals surface area contributed by atoms with E-state index in [4.69, 9.17) is 9.47 Å². The SMILES string of the molecule is CC(=O)OCC=C(C)CCC1(C)C(C)CCC2(C)C(C)=CC(OC(C)=O)CC21. The highest BCUT2D eigenvalue weighted by Gasteiger charge is 2.54. The van der Waals surface area contributed by atoms with Crippen LogP contribution >= 0.6 is 0 Å². The predicted molar refractivity (Wildman–Crippen MR) is 112 cm³/mol. The predicted octanol–water partition coefficient (Wildman–Crippen LogP) is 5.62. The summed E-state index contributed by atoms with van der Waals surface area (Å²) in [5.41, 5.74) is 2.99. The van der Waals surface area contributed by atoms with E-state index in [1.54, 1.807) is 0 Å². The van der Waals surface area contributed by atoms with Gasteiger partial charge in [0.2, 0.25) is 0 Å². The first-order chi connectivity index (χ1) is 13.0. The average Bonchev–Trinajstić information content (AvgIpc) is 2.59. The second-order valence-corrected chi connectivity index (χ2v) is 9.50. The lowest BCUT2D eigenvalue weighted by atomic mass is 9.46. The van der Waals surface area contributed by atoms with Crippen molar-refractivity contribution in [1.29, 1.82) is 0 Å². The molecule has 4 nitrogen and oxygen atoms in total. The maximum atomic E-state index is 11.6. The van der Waals surface area contributed by atoms with E-state index in [9.17, 15) is 9.59 Å². The highest BCUT2D eigenvalue weighted by Crippen LogP contribution is 2.62. The smallest absolute Gasteiger partial charge is 0.303 e. The Bertz CT molecular complexity index is 662. The van der Waals surface area contributed by atoms with E-state index in [0.717, 1.165) is 19.3 Å². The molecule has 0 amide bonds. The zero-order valence-electron chi connectivity index (χ0n) is 18.8. The number of hydrogen-bond donors (Lipinski definition) is 0. The van der Waals surface area contributed by atoms with Gasteiger partial charge < -0.3 is 9.47 Å². The molecule has 1 saturated carbocycles. The summed E-state index contributed by atoms with van der Waals surface area (Å²) in [5.74, 6) is 0.663. The molecule has 0 aromatic heterocycles. The number of carbonyl (C=O) groups is 2. The van der Waals surface area contributed by atoms with E-state index in [0.29, 0.717) is 18.4 Å². The maximum absolute atomic E-state index is 11.6. The van der Waals surface area contributed by atoms with Gasteiger partial charge in [0, 0.05) is 13.8 Å². The lowest BCUT2D eigenvalue weighted by Crippen LogP contribution is -2.51. The van der Waals surface area contributed by atoms with Crippen molar-refractivity contribution in [3.63, 3.8) is 0 Å². The van der Waals surface area contributed by atoms with Gasteiger partial charge in [-0.05, 0) is 80.8 Å². The molecule has 0 N–H and O–H groups in total. The van der Waals surface area contributed by atoms with Gasteiger partial charge in [0.1, 0.15) is 12.7 Å². The molecule has 0 saturated heterocycles. The lowest BCUT2D eigenvalue weighted by molar-refractivity contribution is -0.148. The number of rotatable bonds is 6. The van der Waals surface area contributed by atoms with E-state index in [1.165, 1.54) is 37.8 Å². The molecule has 1 fully saturated rings. The van der Waals surface area contributed by atoms with Gasteiger partial charge >= 0.3 is 11.9 Å².